The molecule has 0 saturated carbocycles. The van der Waals surface area contributed by atoms with Crippen molar-refractivity contribution in [3.05, 3.63) is 64.7 Å². The molecule has 0 aliphatic rings. The molecule has 0 aliphatic heterocycles. The number of phenolic OH excluding ortho intramolecular Hbond substituents is 1. The number of hydrazone groups is 1. The minimum atomic E-state index is -0.485. The highest BCUT2D eigenvalue weighted by atomic mass is 35.5. The zero-order valence-electron chi connectivity index (χ0n) is 9.88. The fraction of sp³-hybridized carbons (Fsp3) is 0. The lowest BCUT2D eigenvalue weighted by Crippen LogP contribution is -2.17. The number of rotatable bonds is 3. The van der Waals surface area contributed by atoms with Gasteiger partial charge in [-0.15, -0.1) is 0 Å². The summed E-state index contributed by atoms with van der Waals surface area (Å²) < 4.78 is 0. The van der Waals surface area contributed by atoms with Crippen molar-refractivity contribution in [2.45, 2.75) is 0 Å². The van der Waals surface area contributed by atoms with Crippen LogP contribution < -0.4 is 5.43 Å². The number of hydrogen-bond acceptors (Lipinski definition) is 3. The first-order valence-electron chi connectivity index (χ1n) is 5.54. The zero-order valence-corrected chi connectivity index (χ0v) is 10.6. The van der Waals surface area contributed by atoms with Crippen LogP contribution in [-0.4, -0.2) is 17.2 Å². The first kappa shape index (κ1) is 13.1. The molecule has 96 valence electrons. The van der Waals surface area contributed by atoms with Crippen LogP contribution in [0.25, 0.3) is 0 Å². The molecule has 0 fully saturated rings. The molecule has 0 radical (unpaired) electrons. The van der Waals surface area contributed by atoms with Crippen molar-refractivity contribution >= 4 is 23.7 Å². The van der Waals surface area contributed by atoms with Crippen molar-refractivity contribution in [1.82, 2.24) is 5.43 Å². The number of hydrogen-bond donors (Lipinski definition) is 2. The number of nitrogens with one attached hydrogen (secondary N) is 1. The van der Waals surface area contributed by atoms with Crippen LogP contribution in [0.3, 0.4) is 0 Å². The van der Waals surface area contributed by atoms with E-state index >= 15 is 0 Å². The van der Waals surface area contributed by atoms with Gasteiger partial charge in [0.2, 0.25) is 0 Å². The molecule has 0 atom stereocenters. The standard InChI is InChI=1S/C14H11ClN2O2/c15-12-7-3-1-5-10(12)9-16-17-14(19)11-6-2-4-8-13(11)18/h1-9,18H,(H,17,19)/b16-9-. The lowest BCUT2D eigenvalue weighted by molar-refractivity contribution is 0.0952. The third kappa shape index (κ3) is 3.33. The highest BCUT2D eigenvalue weighted by Gasteiger charge is 2.08. The summed E-state index contributed by atoms with van der Waals surface area (Å²) in [5.41, 5.74) is 3.19. The second kappa shape index (κ2) is 6.02. The van der Waals surface area contributed by atoms with Crippen LogP contribution in [0.1, 0.15) is 15.9 Å². The van der Waals surface area contributed by atoms with E-state index in [0.29, 0.717) is 10.6 Å². The quantitative estimate of drug-likeness (QED) is 0.668. The second-order valence-electron chi connectivity index (χ2n) is 3.74. The smallest absolute Gasteiger partial charge is 0.275 e. The topological polar surface area (TPSA) is 61.7 Å². The number of phenols is 1. The number of amides is 1. The Balaban J connectivity index is 2.06. The summed E-state index contributed by atoms with van der Waals surface area (Å²) in [5, 5.41) is 13.9. The minimum absolute atomic E-state index is 0.0899. The summed E-state index contributed by atoms with van der Waals surface area (Å²) in [6.45, 7) is 0. The fourth-order valence-corrected chi connectivity index (χ4v) is 1.65. The predicted molar refractivity (Wildman–Crippen MR) is 74.6 cm³/mol. The summed E-state index contributed by atoms with van der Waals surface area (Å²) in [4.78, 5) is 11.7. The molecule has 0 heterocycles. The Morgan fingerprint density at radius 2 is 1.84 bits per heavy atom. The van der Waals surface area contributed by atoms with Gasteiger partial charge in [-0.1, -0.05) is 41.9 Å². The maximum Gasteiger partial charge on any atom is 0.275 e. The van der Waals surface area contributed by atoms with Crippen molar-refractivity contribution in [3.8, 4) is 5.75 Å². The van der Waals surface area contributed by atoms with Crippen LogP contribution in [0.15, 0.2) is 53.6 Å². The normalized spacial score (nSPS) is 10.6. The first-order chi connectivity index (χ1) is 9.18. The van der Waals surface area contributed by atoms with E-state index in [1.54, 1.807) is 30.3 Å². The van der Waals surface area contributed by atoms with Gasteiger partial charge in [0.15, 0.2) is 0 Å². The summed E-state index contributed by atoms with van der Waals surface area (Å²) >= 11 is 5.94. The molecule has 0 aromatic heterocycles. The van der Waals surface area contributed by atoms with E-state index in [1.807, 2.05) is 6.07 Å². The maximum absolute atomic E-state index is 11.7. The van der Waals surface area contributed by atoms with E-state index in [9.17, 15) is 9.90 Å². The lowest BCUT2D eigenvalue weighted by Gasteiger charge is -2.02. The Bertz CT molecular complexity index is 626. The maximum atomic E-state index is 11.7. The van der Waals surface area contributed by atoms with Gasteiger partial charge in [0.25, 0.3) is 5.91 Å². The van der Waals surface area contributed by atoms with Gasteiger partial charge in [-0.25, -0.2) is 5.43 Å². The Morgan fingerprint density at radius 1 is 1.16 bits per heavy atom. The molecule has 4 nitrogen and oxygen atoms in total. The molecule has 0 unspecified atom stereocenters. The molecule has 0 spiro atoms. The van der Waals surface area contributed by atoms with Crippen LogP contribution in [-0.2, 0) is 0 Å². The average Bonchev–Trinajstić information content (AvgIpc) is 2.41. The van der Waals surface area contributed by atoms with E-state index in [4.69, 9.17) is 11.6 Å². The lowest BCUT2D eigenvalue weighted by atomic mass is 10.2. The number of para-hydroxylation sites is 1. The van der Waals surface area contributed by atoms with Gasteiger partial charge < -0.3 is 5.11 Å². The van der Waals surface area contributed by atoms with E-state index in [2.05, 4.69) is 10.5 Å². The van der Waals surface area contributed by atoms with Gasteiger partial charge >= 0.3 is 0 Å². The molecule has 19 heavy (non-hydrogen) atoms. The summed E-state index contributed by atoms with van der Waals surface area (Å²) in [7, 11) is 0. The molecule has 2 aromatic carbocycles. The summed E-state index contributed by atoms with van der Waals surface area (Å²) in [6, 6.07) is 13.4. The van der Waals surface area contributed by atoms with Crippen molar-refractivity contribution < 1.29 is 9.90 Å². The number of carbonyl (C=O) groups is 1. The van der Waals surface area contributed by atoms with Gasteiger partial charge in [0, 0.05) is 10.6 Å². The van der Waals surface area contributed by atoms with Gasteiger partial charge in [0.05, 0.1) is 11.8 Å². The Hall–Kier alpha value is -2.33. The van der Waals surface area contributed by atoms with Crippen molar-refractivity contribution in [1.29, 1.82) is 0 Å². The predicted octanol–water partition coefficient (Wildman–Crippen LogP) is 2.81. The third-order valence-corrected chi connectivity index (χ3v) is 2.77. The number of carbonyl (C=O) groups excluding carboxylic acids is 1. The van der Waals surface area contributed by atoms with E-state index in [-0.39, 0.29) is 11.3 Å². The van der Waals surface area contributed by atoms with Crippen LogP contribution in [0.5, 0.6) is 5.75 Å². The van der Waals surface area contributed by atoms with Gasteiger partial charge in [0.1, 0.15) is 5.75 Å². The average molecular weight is 275 g/mol. The van der Waals surface area contributed by atoms with Gasteiger partial charge in [-0.05, 0) is 18.2 Å². The molecule has 1 amide bonds. The highest BCUT2D eigenvalue weighted by Crippen LogP contribution is 2.15. The SMILES string of the molecule is O=C(N/N=C\c1ccccc1Cl)c1ccccc1O. The molecule has 5 heteroatoms. The van der Waals surface area contributed by atoms with E-state index < -0.39 is 5.91 Å². The molecule has 2 rings (SSSR count). The summed E-state index contributed by atoms with van der Waals surface area (Å²) in [5.74, 6) is -0.575. The van der Waals surface area contributed by atoms with Gasteiger partial charge in [-0.3, -0.25) is 4.79 Å². The number of nitrogens with zero attached hydrogens (tertiary/aromatic N) is 1. The molecular weight excluding hydrogens is 264 g/mol. The molecule has 0 aliphatic carbocycles. The molecule has 0 saturated heterocycles. The molecular formula is C14H11ClN2O2. The largest absolute Gasteiger partial charge is 0.507 e. The number of benzene rings is 2. The second-order valence-corrected chi connectivity index (χ2v) is 4.14. The fourth-order valence-electron chi connectivity index (χ4n) is 1.47. The molecule has 2 N–H and O–H groups in total. The number of halogens is 1. The molecule has 2 aromatic rings. The molecule has 0 bridgehead atoms. The Labute approximate surface area is 115 Å². The van der Waals surface area contributed by atoms with Crippen LogP contribution >= 0.6 is 11.6 Å². The monoisotopic (exact) mass is 274 g/mol. The van der Waals surface area contributed by atoms with Gasteiger partial charge in [-0.2, -0.15) is 5.10 Å². The van der Waals surface area contributed by atoms with Crippen molar-refractivity contribution in [2.75, 3.05) is 0 Å². The highest BCUT2D eigenvalue weighted by molar-refractivity contribution is 6.33. The Morgan fingerprint density at radius 3 is 2.58 bits per heavy atom. The van der Waals surface area contributed by atoms with E-state index in [1.165, 1.54) is 18.3 Å². The Kier molecular flexibility index (Phi) is 4.15. The third-order valence-electron chi connectivity index (χ3n) is 2.42. The van der Waals surface area contributed by atoms with E-state index in [0.717, 1.165) is 0 Å². The van der Waals surface area contributed by atoms with Crippen molar-refractivity contribution in [2.24, 2.45) is 5.10 Å². The van der Waals surface area contributed by atoms with Crippen LogP contribution in [0.4, 0.5) is 0 Å². The van der Waals surface area contributed by atoms with Crippen LogP contribution in [0, 0.1) is 0 Å². The minimum Gasteiger partial charge on any atom is -0.507 e. The number of aromatic hydroxyl groups is 1. The first-order valence-corrected chi connectivity index (χ1v) is 5.92. The van der Waals surface area contributed by atoms with Crippen LogP contribution in [0.2, 0.25) is 5.02 Å². The van der Waals surface area contributed by atoms with Crippen molar-refractivity contribution in [3.63, 3.8) is 0 Å². The zero-order chi connectivity index (χ0) is 13.7. The summed E-state index contributed by atoms with van der Waals surface area (Å²) in [6.07, 6.45) is 1.44.